The Kier molecular flexibility index (Phi) is 4.17. The van der Waals surface area contributed by atoms with Crippen LogP contribution in [0.3, 0.4) is 0 Å². The van der Waals surface area contributed by atoms with Gasteiger partial charge in [0.05, 0.1) is 4.91 Å². The van der Waals surface area contributed by atoms with Crippen molar-refractivity contribution in [3.8, 4) is 0 Å². The van der Waals surface area contributed by atoms with Gasteiger partial charge in [-0.3, -0.25) is 14.7 Å². The van der Waals surface area contributed by atoms with Gasteiger partial charge in [0.15, 0.2) is 5.17 Å². The molecule has 1 amide bonds. The topological polar surface area (TPSA) is 37.6 Å². The summed E-state index contributed by atoms with van der Waals surface area (Å²) in [5.41, 5.74) is 3.73. The number of thioether (sulfide) groups is 1. The van der Waals surface area contributed by atoms with E-state index in [1.54, 1.807) is 19.0 Å². The van der Waals surface area contributed by atoms with E-state index in [1.165, 1.54) is 48.8 Å². The zero-order valence-corrected chi connectivity index (χ0v) is 14.5. The normalized spacial score (nSPS) is 23.5. The maximum Gasteiger partial charge on any atom is 0.266 e. The highest BCUT2D eigenvalue weighted by Gasteiger charge is 2.30. The number of rotatable bonds is 2. The zero-order valence-electron chi connectivity index (χ0n) is 13.7. The van der Waals surface area contributed by atoms with Crippen LogP contribution in [0, 0.1) is 13.8 Å². The van der Waals surface area contributed by atoms with Gasteiger partial charge in [0.25, 0.3) is 5.91 Å². The highest BCUT2D eigenvalue weighted by atomic mass is 32.2. The highest BCUT2D eigenvalue weighted by Crippen LogP contribution is 2.36. The molecule has 1 saturated carbocycles. The summed E-state index contributed by atoms with van der Waals surface area (Å²) in [6, 6.07) is 2.84. The number of aliphatic imine (C=N–C) groups is 1. The first-order valence-corrected chi connectivity index (χ1v) is 8.67. The molecule has 0 atom stereocenters. The van der Waals surface area contributed by atoms with Crippen molar-refractivity contribution in [3.63, 3.8) is 0 Å². The first-order chi connectivity index (χ1) is 10.5. The van der Waals surface area contributed by atoms with Gasteiger partial charge in [-0.2, -0.15) is 0 Å². The van der Waals surface area contributed by atoms with Crippen molar-refractivity contribution in [1.29, 1.82) is 0 Å². The molecule has 0 unspecified atom stereocenters. The van der Waals surface area contributed by atoms with E-state index in [-0.39, 0.29) is 5.91 Å². The Labute approximate surface area is 136 Å². The Balaban J connectivity index is 1.95. The van der Waals surface area contributed by atoms with Gasteiger partial charge in [0, 0.05) is 31.5 Å². The molecule has 2 aliphatic rings. The van der Waals surface area contributed by atoms with Crippen LogP contribution < -0.4 is 0 Å². The molecule has 0 spiro atoms. The van der Waals surface area contributed by atoms with Crippen LogP contribution in [-0.4, -0.2) is 34.6 Å². The summed E-state index contributed by atoms with van der Waals surface area (Å²) in [5.74, 6) is 0.0382. The second kappa shape index (κ2) is 5.95. The molecule has 2 fully saturated rings. The van der Waals surface area contributed by atoms with Crippen LogP contribution in [0.5, 0.6) is 0 Å². The SMILES string of the molecule is CN=C1S/C(=C\c2cc(C)n(C3CCCC3)c2C)C(=O)N1C. The molecule has 1 aromatic heterocycles. The smallest absolute Gasteiger partial charge is 0.266 e. The molecule has 2 heterocycles. The first kappa shape index (κ1) is 15.4. The Morgan fingerprint density at radius 1 is 1.32 bits per heavy atom. The lowest BCUT2D eigenvalue weighted by atomic mass is 10.2. The summed E-state index contributed by atoms with van der Waals surface area (Å²) in [6.07, 6.45) is 7.22. The number of aromatic nitrogens is 1. The van der Waals surface area contributed by atoms with E-state index in [9.17, 15) is 4.79 Å². The van der Waals surface area contributed by atoms with Gasteiger partial charge in [-0.25, -0.2) is 0 Å². The fourth-order valence-corrected chi connectivity index (χ4v) is 4.48. The molecule has 1 saturated heterocycles. The van der Waals surface area contributed by atoms with Crippen LogP contribution in [0.25, 0.3) is 6.08 Å². The number of aryl methyl sites for hydroxylation is 1. The third-order valence-electron chi connectivity index (χ3n) is 4.69. The third kappa shape index (κ3) is 2.51. The van der Waals surface area contributed by atoms with E-state index in [0.29, 0.717) is 6.04 Å². The van der Waals surface area contributed by atoms with E-state index < -0.39 is 0 Å². The van der Waals surface area contributed by atoms with Crippen LogP contribution in [0.4, 0.5) is 0 Å². The van der Waals surface area contributed by atoms with Crippen molar-refractivity contribution in [2.75, 3.05) is 14.1 Å². The number of carbonyl (C=O) groups excluding carboxylic acids is 1. The van der Waals surface area contributed by atoms with E-state index in [4.69, 9.17) is 0 Å². The molecular weight excluding hydrogens is 294 g/mol. The fourth-order valence-electron chi connectivity index (χ4n) is 3.56. The number of amides is 1. The molecule has 0 aromatic carbocycles. The molecular formula is C17H23N3OS. The predicted molar refractivity (Wildman–Crippen MR) is 93.1 cm³/mol. The van der Waals surface area contributed by atoms with Gasteiger partial charge in [0.1, 0.15) is 0 Å². The molecule has 118 valence electrons. The Hall–Kier alpha value is -1.49. The molecule has 22 heavy (non-hydrogen) atoms. The van der Waals surface area contributed by atoms with Crippen molar-refractivity contribution >= 4 is 28.9 Å². The van der Waals surface area contributed by atoms with Gasteiger partial charge in [-0.05, 0) is 56.2 Å². The predicted octanol–water partition coefficient (Wildman–Crippen LogP) is 3.75. The summed E-state index contributed by atoms with van der Waals surface area (Å²) in [5, 5.41) is 0.765. The second-order valence-electron chi connectivity index (χ2n) is 6.12. The van der Waals surface area contributed by atoms with Gasteiger partial charge in [-0.1, -0.05) is 12.8 Å². The van der Waals surface area contributed by atoms with Crippen LogP contribution in [0.1, 0.15) is 48.7 Å². The summed E-state index contributed by atoms with van der Waals surface area (Å²) < 4.78 is 2.46. The molecule has 0 radical (unpaired) electrons. The van der Waals surface area contributed by atoms with Gasteiger partial charge in [-0.15, -0.1) is 0 Å². The lowest BCUT2D eigenvalue weighted by Crippen LogP contribution is -2.23. The molecule has 5 heteroatoms. The number of likely N-dealkylation sites (N-methyl/N-ethyl adjacent to an activating group) is 1. The van der Waals surface area contributed by atoms with Crippen LogP contribution in [0.15, 0.2) is 16.0 Å². The van der Waals surface area contributed by atoms with E-state index in [2.05, 4.69) is 29.5 Å². The van der Waals surface area contributed by atoms with Crippen LogP contribution in [0.2, 0.25) is 0 Å². The lowest BCUT2D eigenvalue weighted by molar-refractivity contribution is -0.121. The van der Waals surface area contributed by atoms with Crippen molar-refractivity contribution in [2.24, 2.45) is 4.99 Å². The number of nitrogens with zero attached hydrogens (tertiary/aromatic N) is 3. The fraction of sp³-hybridized carbons (Fsp3) is 0.529. The van der Waals surface area contributed by atoms with E-state index in [0.717, 1.165) is 15.6 Å². The highest BCUT2D eigenvalue weighted by molar-refractivity contribution is 8.18. The average molecular weight is 317 g/mol. The summed E-state index contributed by atoms with van der Waals surface area (Å²) in [7, 11) is 3.50. The Morgan fingerprint density at radius 3 is 2.59 bits per heavy atom. The van der Waals surface area contributed by atoms with E-state index >= 15 is 0 Å². The third-order valence-corrected chi connectivity index (χ3v) is 5.85. The van der Waals surface area contributed by atoms with Crippen LogP contribution >= 0.6 is 11.8 Å². The van der Waals surface area contributed by atoms with E-state index in [1.807, 2.05) is 6.08 Å². The number of carbonyl (C=O) groups is 1. The van der Waals surface area contributed by atoms with Crippen molar-refractivity contribution in [2.45, 2.75) is 45.6 Å². The number of hydrogen-bond acceptors (Lipinski definition) is 3. The zero-order chi connectivity index (χ0) is 15.9. The average Bonchev–Trinajstić information content (AvgIpc) is 3.16. The van der Waals surface area contributed by atoms with Crippen molar-refractivity contribution in [1.82, 2.24) is 9.47 Å². The van der Waals surface area contributed by atoms with Gasteiger partial charge >= 0.3 is 0 Å². The van der Waals surface area contributed by atoms with Crippen molar-refractivity contribution < 1.29 is 4.79 Å². The Morgan fingerprint density at radius 2 is 2.00 bits per heavy atom. The molecule has 4 nitrogen and oxygen atoms in total. The summed E-state index contributed by atoms with van der Waals surface area (Å²) >= 11 is 1.46. The largest absolute Gasteiger partial charge is 0.346 e. The minimum Gasteiger partial charge on any atom is -0.346 e. The van der Waals surface area contributed by atoms with Gasteiger partial charge < -0.3 is 4.57 Å². The molecule has 0 N–H and O–H groups in total. The Bertz CT molecular complexity index is 666. The molecule has 1 aliphatic heterocycles. The standard InChI is InChI=1S/C17H23N3OS/c1-11-9-13(12(2)20(11)14-7-5-6-8-14)10-15-16(21)19(4)17(18-3)22-15/h9-10,14H,5-8H2,1-4H3/b15-10-,18-17?. The van der Waals surface area contributed by atoms with Gasteiger partial charge in [0.2, 0.25) is 0 Å². The maximum absolute atomic E-state index is 12.3. The van der Waals surface area contributed by atoms with Crippen molar-refractivity contribution in [3.05, 3.63) is 27.9 Å². The molecule has 1 aromatic rings. The summed E-state index contributed by atoms with van der Waals surface area (Å²) in [6.45, 7) is 4.34. The monoisotopic (exact) mass is 317 g/mol. The first-order valence-electron chi connectivity index (χ1n) is 7.85. The molecule has 0 bridgehead atoms. The minimum absolute atomic E-state index is 0.0382. The number of amidine groups is 1. The quantitative estimate of drug-likeness (QED) is 0.779. The number of hydrogen-bond donors (Lipinski definition) is 0. The molecule has 1 aliphatic carbocycles. The molecule has 3 rings (SSSR count). The summed E-state index contributed by atoms with van der Waals surface area (Å²) in [4.78, 5) is 18.8. The van der Waals surface area contributed by atoms with Crippen LogP contribution in [-0.2, 0) is 4.79 Å². The minimum atomic E-state index is 0.0382. The lowest BCUT2D eigenvalue weighted by Gasteiger charge is -2.17. The second-order valence-corrected chi connectivity index (χ2v) is 7.12. The maximum atomic E-state index is 12.3.